The summed E-state index contributed by atoms with van der Waals surface area (Å²) in [5.74, 6) is -0.238. The number of carbonyl (C=O) groups is 1. The summed E-state index contributed by atoms with van der Waals surface area (Å²) in [5.41, 5.74) is 0.467. The Labute approximate surface area is 159 Å². The molecule has 0 spiro atoms. The van der Waals surface area contributed by atoms with Gasteiger partial charge in [0.2, 0.25) is 5.91 Å². The second-order valence-corrected chi connectivity index (χ2v) is 7.35. The predicted octanol–water partition coefficient (Wildman–Crippen LogP) is 1.82. The molecule has 3 atom stereocenters. The maximum atomic E-state index is 13.5. The number of benzene rings is 1. The molecule has 3 heterocycles. The Bertz CT molecular complexity index is 914. The standard InChI is InChI=1S/C19H21F3N4O2/c20-13-6-4-12(5-7-13)8-9-25-19(28)26-16(2-1-3-17(26)23-25)18(27)24-10-14(21)15(22)11-24/h4-7,14-16H,1-3,8-11H2. The minimum absolute atomic E-state index is 0.278. The van der Waals surface area contributed by atoms with Crippen LogP contribution < -0.4 is 5.69 Å². The van der Waals surface area contributed by atoms with Gasteiger partial charge in [-0.1, -0.05) is 12.1 Å². The van der Waals surface area contributed by atoms with Crippen LogP contribution in [0, 0.1) is 5.82 Å². The molecule has 3 unspecified atom stereocenters. The highest BCUT2D eigenvalue weighted by Crippen LogP contribution is 2.27. The molecule has 9 heteroatoms. The molecular weight excluding hydrogens is 373 g/mol. The van der Waals surface area contributed by atoms with Crippen LogP contribution >= 0.6 is 0 Å². The van der Waals surface area contributed by atoms with Gasteiger partial charge in [-0.15, -0.1) is 0 Å². The van der Waals surface area contributed by atoms with E-state index in [1.54, 1.807) is 12.1 Å². The molecule has 0 N–H and O–H groups in total. The Kier molecular flexibility index (Phi) is 4.99. The molecule has 0 saturated carbocycles. The first kappa shape index (κ1) is 18.8. The minimum Gasteiger partial charge on any atom is -0.335 e. The number of amides is 1. The highest BCUT2D eigenvalue weighted by molar-refractivity contribution is 5.81. The first-order valence-corrected chi connectivity index (χ1v) is 9.43. The number of hydrogen-bond acceptors (Lipinski definition) is 3. The topological polar surface area (TPSA) is 60.1 Å². The fraction of sp³-hybridized carbons (Fsp3) is 0.526. The largest absolute Gasteiger partial charge is 0.346 e. The van der Waals surface area contributed by atoms with E-state index >= 15 is 0 Å². The number of halogens is 3. The lowest BCUT2D eigenvalue weighted by molar-refractivity contribution is -0.134. The highest BCUT2D eigenvalue weighted by atomic mass is 19.2. The van der Waals surface area contributed by atoms with Gasteiger partial charge in [-0.25, -0.2) is 22.6 Å². The molecular formula is C19H21F3N4O2. The Balaban J connectivity index is 1.53. The maximum absolute atomic E-state index is 13.5. The van der Waals surface area contributed by atoms with Crippen molar-refractivity contribution < 1.29 is 18.0 Å². The van der Waals surface area contributed by atoms with Crippen LogP contribution in [0.1, 0.15) is 30.3 Å². The van der Waals surface area contributed by atoms with Crippen molar-refractivity contribution in [3.63, 3.8) is 0 Å². The van der Waals surface area contributed by atoms with Crippen LogP contribution in [0.5, 0.6) is 0 Å². The molecule has 4 rings (SSSR count). The van der Waals surface area contributed by atoms with Crippen molar-refractivity contribution in [3.05, 3.63) is 52.0 Å². The predicted molar refractivity (Wildman–Crippen MR) is 94.9 cm³/mol. The molecule has 1 aromatic carbocycles. The van der Waals surface area contributed by atoms with Crippen molar-refractivity contribution in [1.82, 2.24) is 19.2 Å². The number of nitrogens with zero attached hydrogens (tertiary/aromatic N) is 4. The SMILES string of the molecule is O=C(C1CCCc2nn(CCc3ccc(F)cc3)c(=O)n21)N1CC(F)C(F)C1. The molecule has 1 amide bonds. The summed E-state index contributed by atoms with van der Waals surface area (Å²) in [7, 11) is 0. The number of alkyl halides is 2. The number of carbonyl (C=O) groups excluding carboxylic acids is 1. The second kappa shape index (κ2) is 7.44. The van der Waals surface area contributed by atoms with Crippen molar-refractivity contribution in [1.29, 1.82) is 0 Å². The smallest absolute Gasteiger partial charge is 0.335 e. The summed E-state index contributed by atoms with van der Waals surface area (Å²) in [5, 5.41) is 4.35. The van der Waals surface area contributed by atoms with Crippen molar-refractivity contribution in [2.45, 2.75) is 50.6 Å². The van der Waals surface area contributed by atoms with Gasteiger partial charge in [0.1, 0.15) is 17.7 Å². The first-order chi connectivity index (χ1) is 13.4. The molecule has 150 valence electrons. The summed E-state index contributed by atoms with van der Waals surface area (Å²) in [4.78, 5) is 26.8. The fourth-order valence-electron chi connectivity index (χ4n) is 3.91. The molecule has 0 bridgehead atoms. The van der Waals surface area contributed by atoms with E-state index in [-0.39, 0.29) is 18.9 Å². The lowest BCUT2D eigenvalue weighted by Crippen LogP contribution is -2.42. The molecule has 0 aliphatic carbocycles. The second-order valence-electron chi connectivity index (χ2n) is 7.35. The Morgan fingerprint density at radius 3 is 2.50 bits per heavy atom. The molecule has 1 aromatic heterocycles. The molecule has 2 aliphatic heterocycles. The minimum atomic E-state index is -1.68. The summed E-state index contributed by atoms with van der Waals surface area (Å²) in [6.45, 7) is -0.257. The van der Waals surface area contributed by atoms with Gasteiger partial charge in [-0.05, 0) is 37.0 Å². The third-order valence-electron chi connectivity index (χ3n) is 5.44. The van der Waals surface area contributed by atoms with E-state index in [0.717, 1.165) is 10.5 Å². The van der Waals surface area contributed by atoms with Crippen LogP contribution in [0.25, 0.3) is 0 Å². The van der Waals surface area contributed by atoms with Crippen LogP contribution in [0.4, 0.5) is 13.2 Å². The van der Waals surface area contributed by atoms with Crippen LogP contribution in [-0.4, -0.2) is 50.6 Å². The maximum Gasteiger partial charge on any atom is 0.346 e. The average molecular weight is 394 g/mol. The van der Waals surface area contributed by atoms with E-state index < -0.39 is 30.0 Å². The molecule has 0 radical (unpaired) electrons. The fourth-order valence-corrected chi connectivity index (χ4v) is 3.91. The van der Waals surface area contributed by atoms with Crippen molar-refractivity contribution in [2.75, 3.05) is 13.1 Å². The third-order valence-corrected chi connectivity index (χ3v) is 5.44. The number of aryl methyl sites for hydroxylation is 3. The van der Waals surface area contributed by atoms with E-state index in [1.807, 2.05) is 0 Å². The normalized spacial score (nSPS) is 24.4. The van der Waals surface area contributed by atoms with Crippen LogP contribution in [0.3, 0.4) is 0 Å². The number of likely N-dealkylation sites (tertiary alicyclic amines) is 1. The van der Waals surface area contributed by atoms with E-state index in [1.165, 1.54) is 21.4 Å². The average Bonchev–Trinajstić information content (AvgIpc) is 3.20. The lowest BCUT2D eigenvalue weighted by Gasteiger charge is -2.26. The molecule has 2 aromatic rings. The van der Waals surface area contributed by atoms with E-state index in [0.29, 0.717) is 38.1 Å². The zero-order chi connectivity index (χ0) is 19.8. The first-order valence-electron chi connectivity index (χ1n) is 9.43. The monoisotopic (exact) mass is 394 g/mol. The van der Waals surface area contributed by atoms with E-state index in [4.69, 9.17) is 0 Å². The van der Waals surface area contributed by atoms with E-state index in [2.05, 4.69) is 5.10 Å². The third kappa shape index (κ3) is 3.45. The van der Waals surface area contributed by atoms with Gasteiger partial charge in [0.05, 0.1) is 19.6 Å². The van der Waals surface area contributed by atoms with Crippen molar-refractivity contribution >= 4 is 5.91 Å². The summed E-state index contributed by atoms with van der Waals surface area (Å²) >= 11 is 0. The van der Waals surface area contributed by atoms with Gasteiger partial charge in [0, 0.05) is 6.42 Å². The zero-order valence-electron chi connectivity index (χ0n) is 15.2. The van der Waals surface area contributed by atoms with Crippen LogP contribution in [-0.2, 0) is 24.2 Å². The summed E-state index contributed by atoms with van der Waals surface area (Å²) in [6, 6.07) is 5.25. The number of hydrogen-bond donors (Lipinski definition) is 0. The lowest BCUT2D eigenvalue weighted by atomic mass is 10.0. The Hall–Kier alpha value is -2.58. The summed E-state index contributed by atoms with van der Waals surface area (Å²) < 4.78 is 42.7. The van der Waals surface area contributed by atoms with Crippen LogP contribution in [0.2, 0.25) is 0 Å². The molecule has 28 heavy (non-hydrogen) atoms. The van der Waals surface area contributed by atoms with E-state index in [9.17, 15) is 22.8 Å². The van der Waals surface area contributed by atoms with Crippen molar-refractivity contribution in [3.8, 4) is 0 Å². The van der Waals surface area contributed by atoms with Gasteiger partial charge in [-0.2, -0.15) is 5.10 Å². The van der Waals surface area contributed by atoms with Crippen LogP contribution in [0.15, 0.2) is 29.1 Å². The number of aromatic nitrogens is 3. The van der Waals surface area contributed by atoms with Crippen molar-refractivity contribution in [2.24, 2.45) is 0 Å². The quantitative estimate of drug-likeness (QED) is 0.795. The molecule has 1 saturated heterocycles. The van der Waals surface area contributed by atoms with Gasteiger partial charge in [0.25, 0.3) is 0 Å². The molecule has 1 fully saturated rings. The Morgan fingerprint density at radius 1 is 1.14 bits per heavy atom. The van der Waals surface area contributed by atoms with Gasteiger partial charge in [0.15, 0.2) is 12.3 Å². The Morgan fingerprint density at radius 2 is 1.82 bits per heavy atom. The highest BCUT2D eigenvalue weighted by Gasteiger charge is 2.40. The molecule has 2 aliphatic rings. The number of rotatable bonds is 4. The number of fused-ring (bicyclic) bond motifs is 1. The summed E-state index contributed by atoms with van der Waals surface area (Å²) in [6.07, 6.45) is -1.17. The molecule has 6 nitrogen and oxygen atoms in total. The van der Waals surface area contributed by atoms with Gasteiger partial charge in [-0.3, -0.25) is 9.36 Å². The zero-order valence-corrected chi connectivity index (χ0v) is 15.2. The van der Waals surface area contributed by atoms with Gasteiger partial charge >= 0.3 is 5.69 Å². The van der Waals surface area contributed by atoms with Gasteiger partial charge < -0.3 is 4.90 Å².